The number of carbonyl (C=O) groups is 2. The molecule has 0 aromatic heterocycles. The highest BCUT2D eigenvalue weighted by molar-refractivity contribution is 7.92. The van der Waals surface area contributed by atoms with E-state index in [1.54, 1.807) is 17.0 Å². The van der Waals surface area contributed by atoms with Gasteiger partial charge < -0.3 is 15.3 Å². The molecule has 2 heterocycles. The van der Waals surface area contributed by atoms with Gasteiger partial charge in [0.05, 0.1) is 11.9 Å². The van der Waals surface area contributed by atoms with Crippen LogP contribution in [0.3, 0.4) is 0 Å². The van der Waals surface area contributed by atoms with Crippen molar-refractivity contribution >= 4 is 48.9 Å². The Hall–Kier alpha value is -3.78. The number of aliphatic hydroxyl groups excluding tert-OH is 1. The predicted molar refractivity (Wildman–Crippen MR) is 150 cm³/mol. The molecule has 1 amide bonds. The highest BCUT2D eigenvalue weighted by Gasteiger charge is 2.88. The molecular formula is C29H25FN4O7S2. The van der Waals surface area contributed by atoms with E-state index in [0.717, 1.165) is 12.3 Å². The fourth-order valence-electron chi connectivity index (χ4n) is 9.63. The molecule has 2 aromatic rings. The summed E-state index contributed by atoms with van der Waals surface area (Å²) in [7, 11) is -8.09. The quantitative estimate of drug-likeness (QED) is 0.456. The second kappa shape index (κ2) is 7.83. The van der Waals surface area contributed by atoms with Crippen LogP contribution in [0.2, 0.25) is 0 Å². The zero-order chi connectivity index (χ0) is 29.9. The number of hydrogen-bond acceptors (Lipinski definition) is 8. The minimum absolute atomic E-state index is 0.00854. The second-order valence-corrected chi connectivity index (χ2v) is 16.2. The molecule has 7 saturated carbocycles. The molecule has 2 aromatic carbocycles. The summed E-state index contributed by atoms with van der Waals surface area (Å²) in [5, 5.41) is 14.8. The molecule has 7 aliphatic carbocycles. The molecule has 11 nitrogen and oxygen atoms in total. The summed E-state index contributed by atoms with van der Waals surface area (Å²) in [4.78, 5) is 28.7. The molecule has 8 bridgehead atoms. The Morgan fingerprint density at radius 1 is 0.977 bits per heavy atom. The van der Waals surface area contributed by atoms with Gasteiger partial charge in [-0.25, -0.2) is 12.8 Å². The molecule has 0 radical (unpaired) electrons. The van der Waals surface area contributed by atoms with Gasteiger partial charge in [-0.15, -0.1) is 4.40 Å². The van der Waals surface area contributed by atoms with Crippen LogP contribution < -0.4 is 10.0 Å². The van der Waals surface area contributed by atoms with E-state index in [1.807, 2.05) is 0 Å². The van der Waals surface area contributed by atoms with Crippen molar-refractivity contribution in [3.63, 3.8) is 0 Å². The number of benzene rings is 2. The lowest BCUT2D eigenvalue weighted by Crippen LogP contribution is -2.61. The number of sulfonamides is 2. The number of rotatable bonds is 5. The number of amides is 1. The van der Waals surface area contributed by atoms with Crippen molar-refractivity contribution in [2.45, 2.75) is 17.5 Å². The number of hydrogen-bond donors (Lipinski definition) is 3. The maximum atomic E-state index is 14.3. The lowest BCUT2D eigenvalue weighted by Gasteiger charge is -2.54. The number of Topliss-reactive ketones (excluding diaryl/α,β-unsaturated/α-hetero) is 1. The minimum Gasteiger partial charge on any atom is -0.511 e. The molecule has 3 N–H and O–H groups in total. The standard InChI is InChI=1S/C29H25FN4O7S2/c1-42(38,39)32-12-6-7-13-14(8-12)43(40,41)33-28(31-13)24-27(36)23-17-15-18-20(19-16(17)22(19)26(35)21(15)18)25(23)34(29(24)37)9-10-2-4-11(30)5-3-10/h2-8,15-23,25,32,36H,9H2,1H3,(H,31,33)/t15?,16?,17?,18?,19?,20?,21?,22?,23-,25+/m1/s1. The average molecular weight is 625 g/mol. The van der Waals surface area contributed by atoms with E-state index in [-0.39, 0.29) is 93.4 Å². The molecule has 14 heteroatoms. The van der Waals surface area contributed by atoms with Gasteiger partial charge in [0.15, 0.2) is 5.84 Å². The number of aliphatic hydroxyl groups is 1. The zero-order valence-corrected chi connectivity index (χ0v) is 24.1. The van der Waals surface area contributed by atoms with Crippen molar-refractivity contribution < 1.29 is 35.9 Å². The topological polar surface area (TPSA) is 162 Å². The van der Waals surface area contributed by atoms with Gasteiger partial charge in [0.25, 0.3) is 15.9 Å². The van der Waals surface area contributed by atoms with Gasteiger partial charge in [-0.3, -0.25) is 14.3 Å². The number of carbonyl (C=O) groups excluding carboxylic acids is 2. The largest absolute Gasteiger partial charge is 0.511 e. The minimum atomic E-state index is -4.41. The summed E-state index contributed by atoms with van der Waals surface area (Å²) in [6.07, 6.45) is 0.940. The molecule has 0 saturated heterocycles. The van der Waals surface area contributed by atoms with Crippen LogP contribution in [0, 0.1) is 59.1 Å². The number of amidine groups is 1. The highest BCUT2D eigenvalue weighted by Crippen LogP contribution is 2.86. The number of anilines is 2. The van der Waals surface area contributed by atoms with Crippen molar-refractivity contribution in [1.29, 1.82) is 0 Å². The number of fused-ring (bicyclic) bond motifs is 1. The Morgan fingerprint density at radius 2 is 1.60 bits per heavy atom. The van der Waals surface area contributed by atoms with E-state index in [0.29, 0.717) is 11.3 Å². The van der Waals surface area contributed by atoms with Gasteiger partial charge in [-0.05, 0) is 71.4 Å². The Labute approximate surface area is 246 Å². The van der Waals surface area contributed by atoms with Crippen LogP contribution in [-0.4, -0.2) is 56.7 Å². The first-order valence-electron chi connectivity index (χ1n) is 14.1. The van der Waals surface area contributed by atoms with Crippen molar-refractivity contribution in [2.24, 2.45) is 57.7 Å². The monoisotopic (exact) mass is 624 g/mol. The van der Waals surface area contributed by atoms with E-state index in [1.165, 1.54) is 24.3 Å². The smallest absolute Gasteiger partial charge is 0.286 e. The molecule has 11 rings (SSSR count). The maximum absolute atomic E-state index is 14.3. The van der Waals surface area contributed by atoms with Crippen molar-refractivity contribution in [3.8, 4) is 0 Å². The third-order valence-electron chi connectivity index (χ3n) is 10.8. The lowest BCUT2D eigenvalue weighted by atomic mass is 9.59. The number of halogens is 1. The zero-order valence-electron chi connectivity index (χ0n) is 22.5. The Morgan fingerprint density at radius 3 is 2.26 bits per heavy atom. The van der Waals surface area contributed by atoms with Crippen molar-refractivity contribution in [1.82, 2.24) is 4.90 Å². The molecular weight excluding hydrogens is 599 g/mol. The van der Waals surface area contributed by atoms with Gasteiger partial charge in [-0.2, -0.15) is 8.42 Å². The predicted octanol–water partition coefficient (Wildman–Crippen LogP) is 2.12. The fraction of sp³-hybridized carbons (Fsp3) is 0.414. The maximum Gasteiger partial charge on any atom is 0.286 e. The molecule has 0 spiro atoms. The van der Waals surface area contributed by atoms with Gasteiger partial charge >= 0.3 is 0 Å². The van der Waals surface area contributed by atoms with E-state index >= 15 is 0 Å². The van der Waals surface area contributed by atoms with Gasteiger partial charge in [-0.1, -0.05) is 12.1 Å². The average Bonchev–Trinajstić information content (AvgIpc) is 3.84. The van der Waals surface area contributed by atoms with Crippen LogP contribution >= 0.6 is 0 Å². The summed E-state index contributed by atoms with van der Waals surface area (Å²) in [6, 6.07) is 9.33. The van der Waals surface area contributed by atoms with Crippen LogP contribution in [0.5, 0.6) is 0 Å². The normalized spacial score (nSPS) is 38.6. The Balaban J connectivity index is 1.16. The fourth-order valence-corrected chi connectivity index (χ4v) is 11.3. The Bertz CT molecular complexity index is 1970. The van der Waals surface area contributed by atoms with E-state index in [2.05, 4.69) is 14.4 Å². The number of nitrogens with zero attached hydrogens (tertiary/aromatic N) is 2. The van der Waals surface area contributed by atoms with Gasteiger partial charge in [0, 0.05) is 36.0 Å². The first-order chi connectivity index (χ1) is 20.4. The molecule has 9 aliphatic rings. The van der Waals surface area contributed by atoms with Gasteiger partial charge in [0.2, 0.25) is 10.0 Å². The number of nitrogens with one attached hydrogen (secondary N) is 2. The highest BCUT2D eigenvalue weighted by atomic mass is 32.2. The molecule has 6 unspecified atom stereocenters. The second-order valence-electron chi connectivity index (χ2n) is 12.9. The van der Waals surface area contributed by atoms with Crippen molar-refractivity contribution in [2.75, 3.05) is 16.3 Å². The number of ketones is 1. The van der Waals surface area contributed by atoms with Gasteiger partial charge in [0.1, 0.15) is 27.8 Å². The van der Waals surface area contributed by atoms with Crippen LogP contribution in [-0.2, 0) is 36.2 Å². The lowest BCUT2D eigenvalue weighted by molar-refractivity contribution is -0.141. The summed E-state index contributed by atoms with van der Waals surface area (Å²) < 4.78 is 70.0. The summed E-state index contributed by atoms with van der Waals surface area (Å²) in [5.41, 5.74) is 0.543. The SMILES string of the molecule is CS(=O)(=O)Nc1ccc2c(c1)S(=O)(=O)N=C(C1=C(O)[C@@H]3C4C5C6C(=O)C7C4C7C(C65)[C@@H]3N(Cc3ccc(F)cc3)C1=O)N2. The molecule has 8 atom stereocenters. The molecule has 7 fully saturated rings. The van der Waals surface area contributed by atoms with Crippen molar-refractivity contribution in [3.05, 3.63) is 65.2 Å². The van der Waals surface area contributed by atoms with Crippen LogP contribution in [0.15, 0.2) is 63.1 Å². The van der Waals surface area contributed by atoms with E-state index in [9.17, 15) is 35.9 Å². The van der Waals surface area contributed by atoms with Crippen LogP contribution in [0.4, 0.5) is 15.8 Å². The Kier molecular flexibility index (Phi) is 4.68. The molecule has 43 heavy (non-hydrogen) atoms. The summed E-state index contributed by atoms with van der Waals surface area (Å²) >= 11 is 0. The van der Waals surface area contributed by atoms with Crippen LogP contribution in [0.1, 0.15) is 5.56 Å². The third-order valence-corrected chi connectivity index (χ3v) is 12.7. The third kappa shape index (κ3) is 3.30. The molecule has 222 valence electrons. The first-order valence-corrected chi connectivity index (χ1v) is 17.5. The summed E-state index contributed by atoms with van der Waals surface area (Å²) in [6.45, 7) is 0.121. The molecule has 2 aliphatic heterocycles. The van der Waals surface area contributed by atoms with E-state index in [4.69, 9.17) is 0 Å². The van der Waals surface area contributed by atoms with E-state index < -0.39 is 37.7 Å². The first kappa shape index (κ1) is 25.7. The van der Waals surface area contributed by atoms with Crippen LogP contribution in [0.25, 0.3) is 0 Å². The summed E-state index contributed by atoms with van der Waals surface area (Å²) in [5.74, 6) is -0.958.